The molecule has 0 spiro atoms. The van der Waals surface area contributed by atoms with Crippen molar-refractivity contribution in [1.82, 2.24) is 4.90 Å². The molecular weight excluding hydrogens is 242 g/mol. The topological polar surface area (TPSA) is 57.6 Å². The number of carboxylic acid groups (broad SMARTS) is 1. The molecule has 0 atom stereocenters. The van der Waals surface area contributed by atoms with Gasteiger partial charge in [-0.15, -0.1) is 0 Å². The molecule has 0 saturated carbocycles. The minimum absolute atomic E-state index is 0.0194. The minimum atomic E-state index is -0.824. The van der Waals surface area contributed by atoms with Gasteiger partial charge in [0.15, 0.2) is 0 Å². The number of amides is 1. The molecule has 0 unspecified atom stereocenters. The molecule has 0 fully saturated rings. The molecule has 19 heavy (non-hydrogen) atoms. The highest BCUT2D eigenvalue weighted by molar-refractivity contribution is 5.95. The number of benzene rings is 1. The standard InChI is InChI=1S/C15H21NO3/c1-4-16(9-5-6-14(17)18)15(19)13-10-11(2)7-8-12(13)3/h7-8,10H,4-6,9H2,1-3H3,(H,17,18). The summed E-state index contributed by atoms with van der Waals surface area (Å²) in [6.07, 6.45) is 0.580. The summed E-state index contributed by atoms with van der Waals surface area (Å²) in [5.41, 5.74) is 2.71. The van der Waals surface area contributed by atoms with E-state index in [0.717, 1.165) is 11.1 Å². The fraction of sp³-hybridized carbons (Fsp3) is 0.467. The lowest BCUT2D eigenvalue weighted by atomic mass is 10.0. The predicted molar refractivity (Wildman–Crippen MR) is 74.4 cm³/mol. The zero-order valence-electron chi connectivity index (χ0n) is 11.8. The highest BCUT2D eigenvalue weighted by Crippen LogP contribution is 2.14. The van der Waals surface area contributed by atoms with Gasteiger partial charge in [-0.25, -0.2) is 0 Å². The third-order valence-electron chi connectivity index (χ3n) is 3.11. The first kappa shape index (κ1) is 15.2. The number of carbonyl (C=O) groups is 2. The second-order valence-electron chi connectivity index (χ2n) is 4.70. The Hall–Kier alpha value is -1.84. The van der Waals surface area contributed by atoms with E-state index in [9.17, 15) is 9.59 Å². The number of aliphatic carboxylic acids is 1. The van der Waals surface area contributed by atoms with Crippen LogP contribution < -0.4 is 0 Å². The number of nitrogens with zero attached hydrogens (tertiary/aromatic N) is 1. The maximum Gasteiger partial charge on any atom is 0.303 e. The van der Waals surface area contributed by atoms with Gasteiger partial charge in [-0.3, -0.25) is 9.59 Å². The normalized spacial score (nSPS) is 10.3. The molecule has 1 aromatic carbocycles. The second-order valence-corrected chi connectivity index (χ2v) is 4.70. The molecule has 0 radical (unpaired) electrons. The van der Waals surface area contributed by atoms with E-state index in [0.29, 0.717) is 25.1 Å². The van der Waals surface area contributed by atoms with Gasteiger partial charge in [0.25, 0.3) is 5.91 Å². The predicted octanol–water partition coefficient (Wildman–Crippen LogP) is 2.63. The molecule has 0 bridgehead atoms. The molecule has 104 valence electrons. The lowest BCUT2D eigenvalue weighted by Gasteiger charge is -2.21. The van der Waals surface area contributed by atoms with E-state index < -0.39 is 5.97 Å². The van der Waals surface area contributed by atoms with Crippen LogP contribution >= 0.6 is 0 Å². The van der Waals surface area contributed by atoms with E-state index >= 15 is 0 Å². The van der Waals surface area contributed by atoms with E-state index in [4.69, 9.17) is 5.11 Å². The van der Waals surface area contributed by atoms with Crippen molar-refractivity contribution in [2.45, 2.75) is 33.6 Å². The average molecular weight is 263 g/mol. The van der Waals surface area contributed by atoms with E-state index in [2.05, 4.69) is 0 Å². The Kier molecular flexibility index (Phi) is 5.55. The van der Waals surface area contributed by atoms with Gasteiger partial charge in [0.2, 0.25) is 0 Å². The monoisotopic (exact) mass is 263 g/mol. The zero-order chi connectivity index (χ0) is 14.4. The number of carboxylic acids is 1. The highest BCUT2D eigenvalue weighted by Gasteiger charge is 2.16. The Morgan fingerprint density at radius 2 is 1.95 bits per heavy atom. The van der Waals surface area contributed by atoms with Crippen LogP contribution in [0.3, 0.4) is 0 Å². The van der Waals surface area contributed by atoms with Crippen molar-refractivity contribution in [3.8, 4) is 0 Å². The van der Waals surface area contributed by atoms with Gasteiger partial charge >= 0.3 is 5.97 Å². The summed E-state index contributed by atoms with van der Waals surface area (Å²) in [7, 11) is 0. The van der Waals surface area contributed by atoms with Crippen LogP contribution in [-0.4, -0.2) is 35.0 Å². The number of rotatable bonds is 6. The van der Waals surface area contributed by atoms with Crippen molar-refractivity contribution >= 4 is 11.9 Å². The first-order valence-corrected chi connectivity index (χ1v) is 6.54. The van der Waals surface area contributed by atoms with E-state index in [1.54, 1.807) is 4.90 Å². The van der Waals surface area contributed by atoms with Gasteiger partial charge in [-0.1, -0.05) is 17.7 Å². The third kappa shape index (κ3) is 4.39. The molecule has 1 rings (SSSR count). The number of hydrogen-bond donors (Lipinski definition) is 1. The quantitative estimate of drug-likeness (QED) is 0.858. The van der Waals surface area contributed by atoms with Crippen LogP contribution in [0.5, 0.6) is 0 Å². The fourth-order valence-corrected chi connectivity index (χ4v) is 1.96. The van der Waals surface area contributed by atoms with Crippen LogP contribution in [0.2, 0.25) is 0 Å². The van der Waals surface area contributed by atoms with Crippen LogP contribution in [0, 0.1) is 13.8 Å². The number of carbonyl (C=O) groups excluding carboxylic acids is 1. The maximum atomic E-state index is 12.4. The smallest absolute Gasteiger partial charge is 0.303 e. The molecule has 0 heterocycles. The van der Waals surface area contributed by atoms with E-state index in [1.807, 2.05) is 39.0 Å². The average Bonchev–Trinajstić information content (AvgIpc) is 2.36. The summed E-state index contributed by atoms with van der Waals surface area (Å²) in [6, 6.07) is 5.80. The third-order valence-corrected chi connectivity index (χ3v) is 3.11. The van der Waals surface area contributed by atoms with Crippen LogP contribution in [0.15, 0.2) is 18.2 Å². The van der Waals surface area contributed by atoms with Crippen molar-refractivity contribution < 1.29 is 14.7 Å². The zero-order valence-corrected chi connectivity index (χ0v) is 11.8. The lowest BCUT2D eigenvalue weighted by molar-refractivity contribution is -0.137. The second kappa shape index (κ2) is 6.92. The van der Waals surface area contributed by atoms with Gasteiger partial charge < -0.3 is 10.0 Å². The minimum Gasteiger partial charge on any atom is -0.481 e. The van der Waals surface area contributed by atoms with E-state index in [1.165, 1.54) is 0 Å². The van der Waals surface area contributed by atoms with Crippen molar-refractivity contribution in [3.05, 3.63) is 34.9 Å². The lowest BCUT2D eigenvalue weighted by Crippen LogP contribution is -2.32. The molecule has 1 amide bonds. The van der Waals surface area contributed by atoms with Gasteiger partial charge in [0.1, 0.15) is 0 Å². The Labute approximate surface area is 114 Å². The molecule has 0 aliphatic carbocycles. The van der Waals surface area contributed by atoms with Gasteiger partial charge in [-0.2, -0.15) is 0 Å². The Morgan fingerprint density at radius 1 is 1.26 bits per heavy atom. The summed E-state index contributed by atoms with van der Waals surface area (Å²) in [5, 5.41) is 8.63. The molecule has 0 aliphatic heterocycles. The summed E-state index contributed by atoms with van der Waals surface area (Å²) in [6.45, 7) is 6.85. The molecule has 0 saturated heterocycles. The van der Waals surface area contributed by atoms with Crippen LogP contribution in [0.4, 0.5) is 0 Å². The van der Waals surface area contributed by atoms with Crippen molar-refractivity contribution in [2.24, 2.45) is 0 Å². The maximum absolute atomic E-state index is 12.4. The van der Waals surface area contributed by atoms with Gasteiger partial charge in [0.05, 0.1) is 0 Å². The van der Waals surface area contributed by atoms with Crippen LogP contribution in [0.1, 0.15) is 41.3 Å². The largest absolute Gasteiger partial charge is 0.481 e. The molecule has 4 nitrogen and oxygen atoms in total. The first-order chi connectivity index (χ1) is 8.95. The Bertz CT molecular complexity index is 468. The fourth-order valence-electron chi connectivity index (χ4n) is 1.96. The molecule has 1 aromatic rings. The molecule has 4 heteroatoms. The Morgan fingerprint density at radius 3 is 2.53 bits per heavy atom. The summed E-state index contributed by atoms with van der Waals surface area (Å²) >= 11 is 0. The molecule has 1 N–H and O–H groups in total. The number of hydrogen-bond acceptors (Lipinski definition) is 2. The SMILES string of the molecule is CCN(CCCC(=O)O)C(=O)c1cc(C)ccc1C. The summed E-state index contributed by atoms with van der Waals surface area (Å²) in [5.74, 6) is -0.843. The highest BCUT2D eigenvalue weighted by atomic mass is 16.4. The molecule has 0 aromatic heterocycles. The first-order valence-electron chi connectivity index (χ1n) is 6.54. The Balaban J connectivity index is 2.77. The van der Waals surface area contributed by atoms with Crippen LogP contribution in [0.25, 0.3) is 0 Å². The summed E-state index contributed by atoms with van der Waals surface area (Å²) < 4.78 is 0. The van der Waals surface area contributed by atoms with Crippen molar-refractivity contribution in [3.63, 3.8) is 0 Å². The number of aryl methyl sites for hydroxylation is 2. The molecular formula is C15H21NO3. The summed E-state index contributed by atoms with van der Waals surface area (Å²) in [4.78, 5) is 24.6. The van der Waals surface area contributed by atoms with Crippen LogP contribution in [-0.2, 0) is 4.79 Å². The molecule has 0 aliphatic rings. The van der Waals surface area contributed by atoms with Gasteiger partial charge in [-0.05, 0) is 38.8 Å². The van der Waals surface area contributed by atoms with E-state index in [-0.39, 0.29) is 12.3 Å². The van der Waals surface area contributed by atoms with Crippen molar-refractivity contribution in [2.75, 3.05) is 13.1 Å². The van der Waals surface area contributed by atoms with Crippen molar-refractivity contribution in [1.29, 1.82) is 0 Å². The van der Waals surface area contributed by atoms with Gasteiger partial charge in [0, 0.05) is 25.1 Å².